The number of nitrogens with two attached hydrogens (primary N) is 1. The number of nitrogens with one attached hydrogen (secondary N) is 5. The highest BCUT2D eigenvalue weighted by Crippen LogP contribution is 2.21. The summed E-state index contributed by atoms with van der Waals surface area (Å²) >= 11 is 7.79. The lowest BCUT2D eigenvalue weighted by Gasteiger charge is -1.99. The van der Waals surface area contributed by atoms with Crippen molar-refractivity contribution in [3.8, 4) is 0 Å². The van der Waals surface area contributed by atoms with Crippen LogP contribution in [0.4, 0.5) is 0 Å². The van der Waals surface area contributed by atoms with Gasteiger partial charge >= 0.3 is 5.97 Å². The van der Waals surface area contributed by atoms with E-state index in [2.05, 4.69) is 57.6 Å². The van der Waals surface area contributed by atoms with Crippen molar-refractivity contribution in [2.45, 2.75) is 54.3 Å². The second kappa shape index (κ2) is 73.1. The lowest BCUT2D eigenvalue weighted by molar-refractivity contribution is -0.136. The van der Waals surface area contributed by atoms with E-state index in [1.807, 2.05) is 35.0 Å². The molecule has 0 atom stereocenters. The number of hydrogen-bond donors (Lipinski definition) is 9. The standard InChI is InChI=1S/C7H16N2OS2.C6H13NO2S2.C4H9NOS.C3H9NS.2C2H6.CH5N.CH4/c1-8-4-6-12-11-5-3-7(10)9-2;1-7-3-5-11-10-4-2-6(8)9;1-5-4(6)2-3-7;1-4-2-3-5;3*1-2;/h8H,3-6H2,1-2H3,(H,9,10);7H,2-5H2,1H3,(H,8,9);7H,2-3H2,1H3,(H,5,6);4-5H,2-3H2,1H3;2*1-2H3;2H2,1H3;1H4/i;;;;1D;;;1T. The molecule has 42 heavy (non-hydrogen) atoms. The second-order valence-electron chi connectivity index (χ2n) is 6.04. The summed E-state index contributed by atoms with van der Waals surface area (Å²) in [5, 5.41) is 22.4. The minimum Gasteiger partial charge on any atom is -0.481 e. The Morgan fingerprint density at radius 3 is 1.29 bits per heavy atom. The van der Waals surface area contributed by atoms with E-state index in [0.717, 1.165) is 42.6 Å². The predicted molar refractivity (Wildman–Crippen MR) is 208 cm³/mol. The maximum atomic E-state index is 10.8. The number of amides is 2. The number of carboxylic acid groups (broad SMARTS) is 1. The normalized spacial score (nSPS) is 8.69. The van der Waals surface area contributed by atoms with Gasteiger partial charge in [0.15, 0.2) is 0 Å². The highest BCUT2D eigenvalue weighted by atomic mass is 33.1. The summed E-state index contributed by atoms with van der Waals surface area (Å²) in [4.78, 5) is 31.1. The fourth-order valence-electron chi connectivity index (χ4n) is 1.25. The van der Waals surface area contributed by atoms with Gasteiger partial charge in [0.1, 0.15) is 0 Å². The number of thiol groups is 2. The molecule has 0 saturated heterocycles. The van der Waals surface area contributed by atoms with Crippen LogP contribution in [0.2, 0.25) is 0 Å². The van der Waals surface area contributed by atoms with Crippen LogP contribution in [0.3, 0.4) is 0 Å². The molecule has 0 aliphatic heterocycles. The smallest absolute Gasteiger partial charge is 0.304 e. The Balaban J connectivity index is -0.0000000619. The first-order valence-electron chi connectivity index (χ1n) is 15.1. The van der Waals surface area contributed by atoms with Crippen LogP contribution < -0.4 is 32.3 Å². The zero-order valence-corrected chi connectivity index (χ0v) is 33.0. The molecule has 10 nitrogen and oxygen atoms in total. The summed E-state index contributed by atoms with van der Waals surface area (Å²) in [5.74, 6) is 4.72. The third kappa shape index (κ3) is 97.2. The Bertz CT molecular complexity index is 489. The third-order valence-corrected chi connectivity index (χ3v) is 8.37. The first-order chi connectivity index (χ1) is 21.2. The van der Waals surface area contributed by atoms with Crippen molar-refractivity contribution in [1.82, 2.24) is 26.6 Å². The minimum atomic E-state index is -0.716. The van der Waals surface area contributed by atoms with Crippen molar-refractivity contribution in [3.63, 3.8) is 0 Å². The average Bonchev–Trinajstić information content (AvgIpc) is 3.05. The van der Waals surface area contributed by atoms with Gasteiger partial charge in [-0.3, -0.25) is 14.4 Å². The minimum absolute atomic E-state index is 0.0509. The summed E-state index contributed by atoms with van der Waals surface area (Å²) in [6.45, 7) is 9.30. The molecule has 0 aromatic rings. The molecular formula is C26H68N6O4S6. The van der Waals surface area contributed by atoms with E-state index in [1.54, 1.807) is 64.2 Å². The fourth-order valence-corrected chi connectivity index (χ4v) is 5.66. The van der Waals surface area contributed by atoms with Gasteiger partial charge in [-0.05, 0) is 33.9 Å². The molecule has 0 unspecified atom stereocenters. The van der Waals surface area contributed by atoms with Gasteiger partial charge in [0, 0.05) is 78.1 Å². The number of carbonyl (C=O) groups is 3. The summed E-state index contributed by atoms with van der Waals surface area (Å²) < 4.78 is 12.0. The van der Waals surface area contributed by atoms with Gasteiger partial charge in [0.05, 0.1) is 6.42 Å². The highest BCUT2D eigenvalue weighted by Gasteiger charge is 1.97. The molecule has 262 valence electrons. The van der Waals surface area contributed by atoms with Crippen LogP contribution in [-0.2, 0) is 14.4 Å². The molecule has 8 N–H and O–H groups in total. The molecule has 0 saturated carbocycles. The molecule has 0 aliphatic carbocycles. The number of carbonyl (C=O) groups excluding carboxylic acids is 2. The third-order valence-electron chi connectivity index (χ3n) is 3.11. The fraction of sp³-hybridized carbons (Fsp3) is 0.885. The number of carboxylic acids is 1. The Kier molecular flexibility index (Phi) is 95.4. The lowest BCUT2D eigenvalue weighted by Crippen LogP contribution is -2.17. The Morgan fingerprint density at radius 1 is 0.714 bits per heavy atom. The molecule has 0 aromatic carbocycles. The van der Waals surface area contributed by atoms with Gasteiger partial charge in [-0.2, -0.15) is 25.3 Å². The monoisotopic (exact) mass is 723 g/mol. The zero-order valence-electron chi connectivity index (χ0n) is 30.0. The number of aliphatic carboxylic acids is 1. The molecule has 0 bridgehead atoms. The summed E-state index contributed by atoms with van der Waals surface area (Å²) in [5.41, 5.74) is 4.50. The van der Waals surface area contributed by atoms with Gasteiger partial charge < -0.3 is 37.4 Å². The maximum Gasteiger partial charge on any atom is 0.304 e. The van der Waals surface area contributed by atoms with Crippen LogP contribution in [0.25, 0.3) is 0 Å². The van der Waals surface area contributed by atoms with Crippen molar-refractivity contribution in [2.24, 2.45) is 5.73 Å². The summed E-state index contributed by atoms with van der Waals surface area (Å²) in [6, 6.07) is 0. The molecule has 0 aliphatic rings. The zero-order chi connectivity index (χ0) is 36.3. The highest BCUT2D eigenvalue weighted by molar-refractivity contribution is 8.77. The van der Waals surface area contributed by atoms with Crippen molar-refractivity contribution in [2.75, 3.05) is 96.4 Å². The van der Waals surface area contributed by atoms with Crippen LogP contribution in [0.15, 0.2) is 0 Å². The molecule has 0 rings (SSSR count). The molecule has 2 amide bonds. The predicted octanol–water partition coefficient (Wildman–Crippen LogP) is 4.24. The Hall–Kier alpha value is 0.350. The molecule has 0 heterocycles. The molecule has 0 aromatic heterocycles. The quantitative estimate of drug-likeness (QED) is 0.0564. The van der Waals surface area contributed by atoms with Crippen molar-refractivity contribution in [3.05, 3.63) is 0 Å². The maximum absolute atomic E-state index is 10.8. The first-order valence-corrected chi connectivity index (χ1v) is 19.6. The first kappa shape index (κ1) is 54.8. The van der Waals surface area contributed by atoms with Crippen molar-refractivity contribution < 1.29 is 22.2 Å². The topological polar surface area (TPSA) is 158 Å². The number of hydrogen-bond acceptors (Lipinski definition) is 13. The SMILES string of the molecule is CC.CN.CNC(=O)CCS.CNCCS.CNCCSSCCC(=O)NC.CNCCSSCCC(=O)O.[2H]CC.[3H]C. The van der Waals surface area contributed by atoms with Crippen LogP contribution in [0.1, 0.15) is 57.1 Å². The largest absolute Gasteiger partial charge is 0.481 e. The Labute approximate surface area is 290 Å². The molecule has 16 heteroatoms. The second-order valence-corrected chi connectivity index (χ2v) is 12.3. The lowest BCUT2D eigenvalue weighted by atomic mass is 10.5. The molecule has 0 fully saturated rings. The van der Waals surface area contributed by atoms with Crippen molar-refractivity contribution >= 4 is 86.2 Å². The molecular weight excluding hydrogens is 653 g/mol. The van der Waals surface area contributed by atoms with Crippen LogP contribution >= 0.6 is 68.4 Å². The van der Waals surface area contributed by atoms with Gasteiger partial charge in [-0.25, -0.2) is 0 Å². The van der Waals surface area contributed by atoms with E-state index in [-0.39, 0.29) is 18.2 Å². The van der Waals surface area contributed by atoms with Gasteiger partial charge in [0.25, 0.3) is 0 Å². The number of rotatable bonds is 18. The van der Waals surface area contributed by atoms with E-state index in [4.69, 9.17) is 7.85 Å². The van der Waals surface area contributed by atoms with E-state index in [0.29, 0.717) is 31.2 Å². The van der Waals surface area contributed by atoms with E-state index in [1.165, 1.54) is 14.5 Å². The summed E-state index contributed by atoms with van der Waals surface area (Å²) in [6.07, 6.45) is 1.39. The van der Waals surface area contributed by atoms with E-state index < -0.39 is 5.97 Å². The van der Waals surface area contributed by atoms with Crippen LogP contribution in [0.5, 0.6) is 0 Å². The van der Waals surface area contributed by atoms with Crippen LogP contribution in [0, 0.1) is 0 Å². The van der Waals surface area contributed by atoms with Gasteiger partial charge in [0.2, 0.25) is 11.8 Å². The van der Waals surface area contributed by atoms with Crippen molar-refractivity contribution in [1.29, 1.82) is 0 Å². The van der Waals surface area contributed by atoms with E-state index in [9.17, 15) is 14.4 Å². The van der Waals surface area contributed by atoms with Gasteiger partial charge in [-0.15, -0.1) is 0 Å². The van der Waals surface area contributed by atoms with E-state index >= 15 is 0 Å². The van der Waals surface area contributed by atoms with Crippen LogP contribution in [-0.4, -0.2) is 119 Å². The molecule has 0 spiro atoms. The summed E-state index contributed by atoms with van der Waals surface area (Å²) in [7, 11) is 18.7. The Morgan fingerprint density at radius 2 is 1.05 bits per heavy atom. The van der Waals surface area contributed by atoms with Gasteiger partial charge in [-0.1, -0.05) is 78.2 Å². The average molecular weight is 724 g/mol. The molecule has 0 radical (unpaired) electrons.